The lowest BCUT2D eigenvalue weighted by Crippen LogP contribution is -2.45. The smallest absolute Gasteiger partial charge is 0.305 e. The molecule has 0 aliphatic rings. The van der Waals surface area contributed by atoms with E-state index in [-0.39, 0.29) is 18.5 Å². The van der Waals surface area contributed by atoms with Crippen molar-refractivity contribution in [2.45, 2.75) is 360 Å². The molecule has 0 radical (unpaired) electrons. The van der Waals surface area contributed by atoms with Gasteiger partial charge in [-0.3, -0.25) is 9.59 Å². The van der Waals surface area contributed by atoms with Crippen molar-refractivity contribution in [1.82, 2.24) is 5.32 Å². The van der Waals surface area contributed by atoms with E-state index < -0.39 is 12.1 Å². The molecule has 0 heterocycles. The van der Waals surface area contributed by atoms with Crippen LogP contribution in [0.5, 0.6) is 0 Å². The molecule has 2 unspecified atom stereocenters. The van der Waals surface area contributed by atoms with Crippen LogP contribution >= 0.6 is 0 Å². The number of carbonyl (C=O) groups excluding carboxylic acids is 2. The van der Waals surface area contributed by atoms with Crippen LogP contribution in [0.15, 0.2) is 48.6 Å². The lowest BCUT2D eigenvalue weighted by Gasteiger charge is -2.20. The van der Waals surface area contributed by atoms with Crippen LogP contribution in [-0.2, 0) is 14.3 Å². The van der Waals surface area contributed by atoms with E-state index in [4.69, 9.17) is 4.74 Å². The molecule has 74 heavy (non-hydrogen) atoms. The number of ether oxygens (including phenoxy) is 1. The summed E-state index contributed by atoms with van der Waals surface area (Å²) >= 11 is 0. The minimum absolute atomic E-state index is 0.00802. The summed E-state index contributed by atoms with van der Waals surface area (Å²) in [6.07, 6.45) is 81.7. The van der Waals surface area contributed by atoms with Gasteiger partial charge in [0.05, 0.1) is 25.4 Å². The van der Waals surface area contributed by atoms with Crippen molar-refractivity contribution in [2.24, 2.45) is 0 Å². The van der Waals surface area contributed by atoms with Crippen LogP contribution in [0.2, 0.25) is 0 Å². The number of carbonyl (C=O) groups is 2. The Bertz CT molecular complexity index is 1240. The van der Waals surface area contributed by atoms with Crippen molar-refractivity contribution in [3.63, 3.8) is 0 Å². The molecule has 6 nitrogen and oxygen atoms in total. The molecule has 2 atom stereocenters. The molecule has 0 bridgehead atoms. The fourth-order valence-corrected chi connectivity index (χ4v) is 10.0. The van der Waals surface area contributed by atoms with Crippen LogP contribution in [0.1, 0.15) is 348 Å². The number of amides is 1. The van der Waals surface area contributed by atoms with Gasteiger partial charge >= 0.3 is 5.97 Å². The van der Waals surface area contributed by atoms with Crippen molar-refractivity contribution in [3.8, 4) is 0 Å². The molecule has 6 heteroatoms. The maximum atomic E-state index is 12.4. The van der Waals surface area contributed by atoms with Gasteiger partial charge < -0.3 is 20.3 Å². The van der Waals surface area contributed by atoms with Crippen LogP contribution in [0.4, 0.5) is 0 Å². The first kappa shape index (κ1) is 71.8. The maximum absolute atomic E-state index is 12.4. The summed E-state index contributed by atoms with van der Waals surface area (Å²) in [5, 5.41) is 23.1. The fraction of sp³-hybridized carbons (Fsp3) is 0.853. The van der Waals surface area contributed by atoms with Crippen LogP contribution in [-0.4, -0.2) is 47.4 Å². The van der Waals surface area contributed by atoms with E-state index in [1.807, 2.05) is 6.08 Å². The number of hydrogen-bond donors (Lipinski definition) is 3. The molecule has 0 fully saturated rings. The van der Waals surface area contributed by atoms with Crippen molar-refractivity contribution < 1.29 is 24.5 Å². The molecular weight excluding hydrogens is 911 g/mol. The van der Waals surface area contributed by atoms with Gasteiger partial charge in [-0.25, -0.2) is 0 Å². The highest BCUT2D eigenvalue weighted by Crippen LogP contribution is 2.17. The average Bonchev–Trinajstić information content (AvgIpc) is 3.40. The molecule has 0 saturated carbocycles. The van der Waals surface area contributed by atoms with E-state index in [9.17, 15) is 19.8 Å². The molecule has 1 amide bonds. The molecule has 0 aromatic rings. The van der Waals surface area contributed by atoms with Gasteiger partial charge in [-0.15, -0.1) is 0 Å². The van der Waals surface area contributed by atoms with Gasteiger partial charge in [0.2, 0.25) is 5.91 Å². The predicted octanol–water partition coefficient (Wildman–Crippen LogP) is 20.9. The minimum atomic E-state index is -0.848. The highest BCUT2D eigenvalue weighted by Gasteiger charge is 2.18. The second kappa shape index (κ2) is 63.4. The topological polar surface area (TPSA) is 95.9 Å². The molecule has 434 valence electrons. The van der Waals surface area contributed by atoms with Crippen LogP contribution in [0, 0.1) is 0 Å². The van der Waals surface area contributed by atoms with Gasteiger partial charge in [-0.2, -0.15) is 0 Å². The Morgan fingerprint density at radius 2 is 0.676 bits per heavy atom. The van der Waals surface area contributed by atoms with E-state index in [2.05, 4.69) is 55.6 Å². The zero-order valence-electron chi connectivity index (χ0n) is 49.6. The van der Waals surface area contributed by atoms with E-state index in [1.165, 1.54) is 270 Å². The predicted molar refractivity (Wildman–Crippen MR) is 324 cm³/mol. The SMILES string of the molecule is CCCCCCCC/C=C\CCCCCCCCCCCC(=O)OCCCCCCCCCCC/C=C\C/C=C\CCCCCCCCCCCC(=O)NC(CO)C(O)/C=C/CCCCCCCCCCCCC. The maximum Gasteiger partial charge on any atom is 0.305 e. The van der Waals surface area contributed by atoms with E-state index in [0.29, 0.717) is 19.4 Å². The Morgan fingerprint density at radius 1 is 0.378 bits per heavy atom. The first-order chi connectivity index (χ1) is 36.5. The number of nitrogens with one attached hydrogen (secondary N) is 1. The largest absolute Gasteiger partial charge is 0.466 e. The summed E-state index contributed by atoms with van der Waals surface area (Å²) < 4.78 is 5.50. The second-order valence-corrected chi connectivity index (χ2v) is 22.4. The number of allylic oxidation sites excluding steroid dienone is 7. The van der Waals surface area contributed by atoms with Gasteiger partial charge in [-0.05, 0) is 89.9 Å². The first-order valence-electron chi connectivity index (χ1n) is 32.9. The summed E-state index contributed by atoms with van der Waals surface area (Å²) in [7, 11) is 0. The van der Waals surface area contributed by atoms with Crippen LogP contribution in [0.25, 0.3) is 0 Å². The molecule has 0 aliphatic heterocycles. The van der Waals surface area contributed by atoms with Crippen LogP contribution < -0.4 is 5.32 Å². The summed E-state index contributed by atoms with van der Waals surface area (Å²) in [5.41, 5.74) is 0. The van der Waals surface area contributed by atoms with Crippen molar-refractivity contribution in [3.05, 3.63) is 48.6 Å². The average molecular weight is 1040 g/mol. The van der Waals surface area contributed by atoms with Crippen molar-refractivity contribution in [1.29, 1.82) is 0 Å². The van der Waals surface area contributed by atoms with E-state index >= 15 is 0 Å². The van der Waals surface area contributed by atoms with Gasteiger partial charge in [0, 0.05) is 12.8 Å². The molecule has 3 N–H and O–H groups in total. The number of hydrogen-bond acceptors (Lipinski definition) is 5. The summed E-state index contributed by atoms with van der Waals surface area (Å²) in [5.74, 6) is -0.0661. The lowest BCUT2D eigenvalue weighted by molar-refractivity contribution is -0.143. The highest BCUT2D eigenvalue weighted by molar-refractivity contribution is 5.76. The van der Waals surface area contributed by atoms with Gasteiger partial charge in [0.25, 0.3) is 0 Å². The Labute approximate surface area is 461 Å². The van der Waals surface area contributed by atoms with Gasteiger partial charge in [-0.1, -0.05) is 294 Å². The third kappa shape index (κ3) is 59.1. The third-order valence-electron chi connectivity index (χ3n) is 15.1. The third-order valence-corrected chi connectivity index (χ3v) is 15.1. The van der Waals surface area contributed by atoms with Crippen molar-refractivity contribution >= 4 is 11.9 Å². The van der Waals surface area contributed by atoms with Gasteiger partial charge in [0.15, 0.2) is 0 Å². The molecule has 0 rings (SSSR count). The van der Waals surface area contributed by atoms with E-state index in [0.717, 1.165) is 51.4 Å². The zero-order valence-corrected chi connectivity index (χ0v) is 49.6. The Balaban J connectivity index is 3.43. The summed E-state index contributed by atoms with van der Waals surface area (Å²) in [6.45, 7) is 4.90. The number of aliphatic hydroxyl groups excluding tert-OH is 2. The molecule has 0 aliphatic carbocycles. The monoisotopic (exact) mass is 1040 g/mol. The Kier molecular flexibility index (Phi) is 61.5. The summed E-state index contributed by atoms with van der Waals surface area (Å²) in [4.78, 5) is 24.6. The normalized spacial score (nSPS) is 12.9. The quantitative estimate of drug-likeness (QED) is 0.0320. The van der Waals surface area contributed by atoms with E-state index in [1.54, 1.807) is 6.08 Å². The van der Waals surface area contributed by atoms with Gasteiger partial charge in [0.1, 0.15) is 0 Å². The van der Waals surface area contributed by atoms with Crippen molar-refractivity contribution in [2.75, 3.05) is 13.2 Å². The number of aliphatic hydroxyl groups is 2. The first-order valence-corrected chi connectivity index (χ1v) is 32.9. The molecule has 0 aromatic heterocycles. The Hall–Kier alpha value is -2.18. The Morgan fingerprint density at radius 3 is 1.04 bits per heavy atom. The number of rotatable bonds is 61. The summed E-state index contributed by atoms with van der Waals surface area (Å²) in [6, 6.07) is -0.633. The molecule has 0 saturated heterocycles. The molecular formula is C68H127NO5. The number of unbranched alkanes of at least 4 members (excludes halogenated alkanes) is 44. The number of esters is 1. The standard InChI is InChI=1S/C68H127NO5/c1-3-5-7-9-11-13-15-17-18-19-27-31-34-38-42-46-50-54-58-62-68(73)74-63-59-55-51-47-43-39-35-32-29-26-24-22-20-21-23-25-28-30-33-37-41-45-49-53-57-61-67(72)69-65(64-70)66(71)60-56-52-48-44-40-36-16-14-12-10-8-6-4-2/h17-18,21-24,56,60,65-66,70-71H,3-16,19-20,25-55,57-59,61-64H2,1-2H3,(H,69,72)/b18-17-,23-21-,24-22-,60-56+. The lowest BCUT2D eigenvalue weighted by atomic mass is 10.0. The fourth-order valence-electron chi connectivity index (χ4n) is 10.0. The zero-order chi connectivity index (χ0) is 53.6. The molecule has 0 aromatic carbocycles. The second-order valence-electron chi connectivity index (χ2n) is 22.4. The minimum Gasteiger partial charge on any atom is -0.466 e. The highest BCUT2D eigenvalue weighted by atomic mass is 16.5. The van der Waals surface area contributed by atoms with Crippen LogP contribution in [0.3, 0.4) is 0 Å². The molecule has 0 spiro atoms.